The number of alkyl halides is 3. The van der Waals surface area contributed by atoms with Crippen LogP contribution in [0.25, 0.3) is 5.82 Å². The Balaban J connectivity index is 1.63. The maximum atomic E-state index is 12.7. The predicted octanol–water partition coefficient (Wildman–Crippen LogP) is 5.25. The van der Waals surface area contributed by atoms with Crippen molar-refractivity contribution in [2.75, 3.05) is 5.32 Å². The molecular formula is C21H18ClF3N4O. The number of nitrogens with one attached hydrogen (secondary N) is 1. The van der Waals surface area contributed by atoms with Crippen LogP contribution < -0.4 is 10.9 Å². The Bertz CT molecular complexity index is 1080. The highest BCUT2D eigenvalue weighted by atomic mass is 35.5. The molecule has 1 unspecified atom stereocenters. The summed E-state index contributed by atoms with van der Waals surface area (Å²) in [5.41, 5.74) is -0.0957. The van der Waals surface area contributed by atoms with Crippen LogP contribution in [-0.2, 0) is 6.18 Å². The molecule has 0 aliphatic heterocycles. The van der Waals surface area contributed by atoms with Crippen molar-refractivity contribution in [3.05, 3.63) is 81.4 Å². The molecule has 2 heterocycles. The van der Waals surface area contributed by atoms with Crippen LogP contribution >= 0.6 is 11.6 Å². The Morgan fingerprint density at radius 3 is 2.40 bits per heavy atom. The van der Waals surface area contributed by atoms with Gasteiger partial charge in [0.2, 0.25) is 0 Å². The fraction of sp³-hybridized carbons (Fsp3) is 0.286. The van der Waals surface area contributed by atoms with Crippen molar-refractivity contribution < 1.29 is 13.2 Å². The van der Waals surface area contributed by atoms with E-state index in [1.807, 2.05) is 30.3 Å². The molecule has 9 heteroatoms. The van der Waals surface area contributed by atoms with Crippen molar-refractivity contribution >= 4 is 17.3 Å². The summed E-state index contributed by atoms with van der Waals surface area (Å²) < 4.78 is 39.1. The predicted molar refractivity (Wildman–Crippen MR) is 108 cm³/mol. The summed E-state index contributed by atoms with van der Waals surface area (Å²) in [6.45, 7) is 0. The zero-order chi connectivity index (χ0) is 21.3. The Morgan fingerprint density at radius 2 is 1.83 bits per heavy atom. The van der Waals surface area contributed by atoms with E-state index in [4.69, 9.17) is 11.6 Å². The summed E-state index contributed by atoms with van der Waals surface area (Å²) >= 11 is 6.31. The van der Waals surface area contributed by atoms with E-state index in [-0.39, 0.29) is 16.9 Å². The lowest BCUT2D eigenvalue weighted by atomic mass is 9.77. The van der Waals surface area contributed by atoms with Crippen molar-refractivity contribution in [3.8, 4) is 5.82 Å². The molecule has 30 heavy (non-hydrogen) atoms. The number of halogens is 4. The van der Waals surface area contributed by atoms with Crippen LogP contribution in [0.1, 0.15) is 36.4 Å². The molecule has 1 saturated carbocycles. The van der Waals surface area contributed by atoms with Gasteiger partial charge < -0.3 is 5.32 Å². The van der Waals surface area contributed by atoms with Gasteiger partial charge in [0.05, 0.1) is 23.5 Å². The van der Waals surface area contributed by atoms with Crippen LogP contribution in [0.3, 0.4) is 0 Å². The Labute approximate surface area is 175 Å². The average molecular weight is 435 g/mol. The van der Waals surface area contributed by atoms with Gasteiger partial charge in [0.15, 0.2) is 5.82 Å². The summed E-state index contributed by atoms with van der Waals surface area (Å²) in [5, 5.41) is 7.31. The first-order chi connectivity index (χ1) is 14.3. The number of nitrogens with zero attached hydrogens (tertiary/aromatic N) is 3. The zero-order valence-corrected chi connectivity index (χ0v) is 16.5. The molecule has 1 fully saturated rings. The summed E-state index contributed by atoms with van der Waals surface area (Å²) in [5.74, 6) is 0.377. The minimum Gasteiger partial charge on any atom is -0.375 e. The van der Waals surface area contributed by atoms with Crippen LogP contribution in [0.15, 0.2) is 59.7 Å². The number of hydrogen-bond acceptors (Lipinski definition) is 4. The van der Waals surface area contributed by atoms with Gasteiger partial charge >= 0.3 is 6.18 Å². The topological polar surface area (TPSA) is 59.8 Å². The van der Waals surface area contributed by atoms with Gasteiger partial charge in [-0.2, -0.15) is 23.0 Å². The Hall–Kier alpha value is -2.87. The van der Waals surface area contributed by atoms with Gasteiger partial charge in [-0.1, -0.05) is 48.4 Å². The van der Waals surface area contributed by atoms with Gasteiger partial charge in [0.25, 0.3) is 5.56 Å². The highest BCUT2D eigenvalue weighted by molar-refractivity contribution is 6.33. The molecule has 1 aliphatic carbocycles. The van der Waals surface area contributed by atoms with Crippen LogP contribution in [-0.4, -0.2) is 14.8 Å². The lowest BCUT2D eigenvalue weighted by Crippen LogP contribution is -2.29. The minimum atomic E-state index is -4.51. The van der Waals surface area contributed by atoms with Crippen LogP contribution in [0.5, 0.6) is 0 Å². The van der Waals surface area contributed by atoms with Crippen molar-refractivity contribution in [1.82, 2.24) is 14.8 Å². The third-order valence-corrected chi connectivity index (χ3v) is 5.67. The molecular weight excluding hydrogens is 417 g/mol. The molecule has 1 aromatic carbocycles. The quantitative estimate of drug-likeness (QED) is 0.595. The molecule has 156 valence electrons. The highest BCUT2D eigenvalue weighted by Crippen LogP contribution is 2.40. The molecule has 5 nitrogen and oxygen atoms in total. The molecule has 3 aromatic rings. The number of aromatic nitrogens is 3. The third kappa shape index (κ3) is 4.05. The van der Waals surface area contributed by atoms with Crippen molar-refractivity contribution in [2.45, 2.75) is 31.5 Å². The lowest BCUT2D eigenvalue weighted by Gasteiger charge is -2.35. The van der Waals surface area contributed by atoms with Gasteiger partial charge in [-0.05, 0) is 36.5 Å². The molecule has 0 radical (unpaired) electrons. The van der Waals surface area contributed by atoms with E-state index in [1.165, 1.54) is 6.20 Å². The third-order valence-electron chi connectivity index (χ3n) is 5.30. The Morgan fingerprint density at radius 1 is 1.10 bits per heavy atom. The molecule has 0 bridgehead atoms. The molecule has 0 spiro atoms. The summed E-state index contributed by atoms with van der Waals surface area (Å²) in [7, 11) is 0. The SMILES string of the molecule is O=c1c(Cl)c(NC(c2ccccc2)C2CCC2)cnn1-c1ccc(C(F)(F)F)cn1. The van der Waals surface area contributed by atoms with Crippen molar-refractivity contribution in [1.29, 1.82) is 0 Å². The molecule has 1 N–H and O–H groups in total. The van der Waals surface area contributed by atoms with E-state index >= 15 is 0 Å². The van der Waals surface area contributed by atoms with E-state index in [1.54, 1.807) is 0 Å². The number of benzene rings is 1. The molecule has 0 amide bonds. The van der Waals surface area contributed by atoms with Gasteiger partial charge in [-0.15, -0.1) is 0 Å². The number of rotatable bonds is 5. The normalized spacial score (nSPS) is 15.5. The van der Waals surface area contributed by atoms with Gasteiger partial charge in [-0.25, -0.2) is 4.98 Å². The molecule has 1 aliphatic rings. The second-order valence-electron chi connectivity index (χ2n) is 7.22. The fourth-order valence-corrected chi connectivity index (χ4v) is 3.63. The first kappa shape index (κ1) is 20.4. The monoisotopic (exact) mass is 434 g/mol. The largest absolute Gasteiger partial charge is 0.417 e. The molecule has 2 aromatic heterocycles. The minimum absolute atomic E-state index is 0.0151. The first-order valence-corrected chi connectivity index (χ1v) is 9.85. The summed E-state index contributed by atoms with van der Waals surface area (Å²) in [4.78, 5) is 16.4. The first-order valence-electron chi connectivity index (χ1n) is 9.47. The number of pyridine rings is 1. The standard InChI is InChI=1S/C21H18ClF3N4O/c22-18-16(28-19(14-7-4-8-14)13-5-2-1-3-6-13)12-27-29(20(18)30)17-10-9-15(11-26-17)21(23,24)25/h1-3,5-6,9-12,14,19,28H,4,7-8H2. The van der Waals surface area contributed by atoms with Gasteiger partial charge in [-0.3, -0.25) is 4.79 Å². The smallest absolute Gasteiger partial charge is 0.375 e. The van der Waals surface area contributed by atoms with Crippen LogP contribution in [0.2, 0.25) is 5.02 Å². The highest BCUT2D eigenvalue weighted by Gasteiger charge is 2.31. The maximum absolute atomic E-state index is 12.7. The average Bonchev–Trinajstić information content (AvgIpc) is 2.70. The van der Waals surface area contributed by atoms with Gasteiger partial charge in [0, 0.05) is 6.20 Å². The maximum Gasteiger partial charge on any atom is 0.417 e. The molecule has 0 saturated heterocycles. The van der Waals surface area contributed by atoms with Crippen molar-refractivity contribution in [2.24, 2.45) is 5.92 Å². The molecule has 1 atom stereocenters. The summed E-state index contributed by atoms with van der Waals surface area (Å²) in [6, 6.07) is 11.8. The van der Waals surface area contributed by atoms with Crippen LogP contribution in [0, 0.1) is 5.92 Å². The number of hydrogen-bond donors (Lipinski definition) is 1. The Kier molecular flexibility index (Phi) is 5.51. The van der Waals surface area contributed by atoms with Crippen LogP contribution in [0.4, 0.5) is 18.9 Å². The lowest BCUT2D eigenvalue weighted by molar-refractivity contribution is -0.137. The zero-order valence-electron chi connectivity index (χ0n) is 15.7. The van der Waals surface area contributed by atoms with E-state index in [2.05, 4.69) is 15.4 Å². The van der Waals surface area contributed by atoms with Crippen molar-refractivity contribution in [3.63, 3.8) is 0 Å². The van der Waals surface area contributed by atoms with E-state index in [9.17, 15) is 18.0 Å². The van der Waals surface area contributed by atoms with E-state index in [0.29, 0.717) is 17.8 Å². The van der Waals surface area contributed by atoms with E-state index < -0.39 is 17.3 Å². The molecule has 4 rings (SSSR count). The van der Waals surface area contributed by atoms with Gasteiger partial charge in [0.1, 0.15) is 5.02 Å². The fourth-order valence-electron chi connectivity index (χ4n) is 3.45. The second-order valence-corrected chi connectivity index (χ2v) is 7.59. The second kappa shape index (κ2) is 8.10. The summed E-state index contributed by atoms with van der Waals surface area (Å²) in [6.07, 6.45) is 0.851. The number of anilines is 1. The van der Waals surface area contributed by atoms with E-state index in [0.717, 1.165) is 41.6 Å².